The Labute approximate surface area is 153 Å². The van der Waals surface area contributed by atoms with Crippen molar-refractivity contribution in [3.8, 4) is 0 Å². The molecule has 0 spiro atoms. The molecule has 0 aromatic heterocycles. The van der Waals surface area contributed by atoms with Crippen molar-refractivity contribution >= 4 is 28.3 Å². The Balaban J connectivity index is 0.00000225. The maximum Gasteiger partial charge on any atom is 0.243 e. The lowest BCUT2D eigenvalue weighted by Gasteiger charge is -2.40. The van der Waals surface area contributed by atoms with E-state index in [1.165, 1.54) is 22.5 Å². The predicted molar refractivity (Wildman–Crippen MR) is 94.7 cm³/mol. The van der Waals surface area contributed by atoms with Crippen LogP contribution in [0.15, 0.2) is 23.1 Å². The van der Waals surface area contributed by atoms with Gasteiger partial charge in [-0.3, -0.25) is 4.79 Å². The number of piperidine rings is 1. The summed E-state index contributed by atoms with van der Waals surface area (Å²) >= 11 is 0. The van der Waals surface area contributed by atoms with Gasteiger partial charge in [0.15, 0.2) is 0 Å². The number of nitrogens with one attached hydrogen (secondary N) is 1. The van der Waals surface area contributed by atoms with Crippen molar-refractivity contribution in [1.29, 1.82) is 0 Å². The third-order valence-corrected chi connectivity index (χ3v) is 6.71. The largest absolute Gasteiger partial charge is 0.336 e. The fraction of sp³-hybridized carbons (Fsp3) is 0.562. The molecule has 2 fully saturated rings. The first-order chi connectivity index (χ1) is 11.4. The van der Waals surface area contributed by atoms with Crippen LogP contribution in [0.3, 0.4) is 0 Å². The van der Waals surface area contributed by atoms with Gasteiger partial charge >= 0.3 is 0 Å². The molecule has 25 heavy (non-hydrogen) atoms. The Hall–Kier alpha value is -1.22. The Morgan fingerprint density at radius 1 is 1.28 bits per heavy atom. The van der Waals surface area contributed by atoms with E-state index < -0.39 is 15.8 Å². The van der Waals surface area contributed by atoms with Crippen LogP contribution < -0.4 is 5.32 Å². The van der Waals surface area contributed by atoms with Crippen LogP contribution in [-0.2, 0) is 14.8 Å². The molecule has 2 aliphatic heterocycles. The number of nitrogens with zero attached hydrogens (tertiary/aromatic N) is 2. The number of hydrogen-bond acceptors (Lipinski definition) is 4. The second kappa shape index (κ2) is 7.99. The van der Waals surface area contributed by atoms with E-state index in [1.807, 2.05) is 0 Å². The molecule has 0 bridgehead atoms. The molecule has 9 heteroatoms. The van der Waals surface area contributed by atoms with Gasteiger partial charge in [0, 0.05) is 32.2 Å². The highest BCUT2D eigenvalue weighted by Crippen LogP contribution is 2.25. The molecule has 1 N–H and O–H groups in total. The fourth-order valence-corrected chi connectivity index (χ4v) is 5.16. The van der Waals surface area contributed by atoms with E-state index in [0.717, 1.165) is 13.0 Å². The summed E-state index contributed by atoms with van der Waals surface area (Å²) in [5.74, 6) is -0.433. The van der Waals surface area contributed by atoms with Crippen molar-refractivity contribution in [3.05, 3.63) is 29.6 Å². The summed E-state index contributed by atoms with van der Waals surface area (Å²) in [6, 6.07) is 3.62. The molecule has 2 aliphatic rings. The van der Waals surface area contributed by atoms with Crippen molar-refractivity contribution in [1.82, 2.24) is 14.5 Å². The minimum absolute atomic E-state index is 0. The first-order valence-corrected chi connectivity index (χ1v) is 9.60. The third-order valence-electron chi connectivity index (χ3n) is 4.68. The number of carbonyl (C=O) groups is 1. The van der Waals surface area contributed by atoms with Crippen LogP contribution in [-0.4, -0.2) is 62.3 Å². The Bertz CT molecular complexity index is 744. The first kappa shape index (κ1) is 20.1. The molecule has 0 radical (unpaired) electrons. The van der Waals surface area contributed by atoms with Gasteiger partial charge in [0.25, 0.3) is 0 Å². The van der Waals surface area contributed by atoms with E-state index in [0.29, 0.717) is 38.2 Å². The quantitative estimate of drug-likeness (QED) is 0.838. The molecule has 1 unspecified atom stereocenters. The highest BCUT2D eigenvalue weighted by Gasteiger charge is 2.35. The number of carbonyl (C=O) groups excluding carboxylic acids is 1. The molecule has 1 amide bonds. The summed E-state index contributed by atoms with van der Waals surface area (Å²) in [4.78, 5) is 14.0. The van der Waals surface area contributed by atoms with Gasteiger partial charge in [-0.2, -0.15) is 4.31 Å². The molecule has 0 aliphatic carbocycles. The lowest BCUT2D eigenvalue weighted by atomic mass is 10.1. The van der Waals surface area contributed by atoms with Gasteiger partial charge in [0.1, 0.15) is 5.82 Å². The van der Waals surface area contributed by atoms with Gasteiger partial charge in [0.05, 0.1) is 11.4 Å². The summed E-state index contributed by atoms with van der Waals surface area (Å²) in [5, 5.41) is 3.03. The highest BCUT2D eigenvalue weighted by molar-refractivity contribution is 7.89. The van der Waals surface area contributed by atoms with E-state index in [9.17, 15) is 17.6 Å². The number of aryl methyl sites for hydroxylation is 1. The maximum atomic E-state index is 13.3. The van der Waals surface area contributed by atoms with Crippen LogP contribution in [0.1, 0.15) is 18.4 Å². The Morgan fingerprint density at radius 2 is 2.04 bits per heavy atom. The van der Waals surface area contributed by atoms with Crippen LogP contribution in [0.5, 0.6) is 0 Å². The van der Waals surface area contributed by atoms with Crippen LogP contribution in [0.25, 0.3) is 0 Å². The van der Waals surface area contributed by atoms with E-state index in [4.69, 9.17) is 0 Å². The smallest absolute Gasteiger partial charge is 0.243 e. The van der Waals surface area contributed by atoms with Gasteiger partial charge in [-0.15, -0.1) is 12.4 Å². The lowest BCUT2D eigenvalue weighted by Crippen LogP contribution is -2.57. The van der Waals surface area contributed by atoms with E-state index in [-0.39, 0.29) is 29.3 Å². The number of halogens is 2. The summed E-state index contributed by atoms with van der Waals surface area (Å²) in [6.45, 7) is 3.96. The topological polar surface area (TPSA) is 69.7 Å². The Kier molecular flexibility index (Phi) is 6.42. The number of amides is 1. The number of hydrogen-bond donors (Lipinski definition) is 1. The minimum atomic E-state index is -3.69. The normalized spacial score (nSPS) is 22.6. The van der Waals surface area contributed by atoms with Crippen molar-refractivity contribution in [3.63, 3.8) is 0 Å². The van der Waals surface area contributed by atoms with Gasteiger partial charge in [0.2, 0.25) is 15.9 Å². The maximum absolute atomic E-state index is 13.3. The first-order valence-electron chi connectivity index (χ1n) is 8.16. The average molecular weight is 392 g/mol. The molecule has 0 saturated carbocycles. The molecule has 6 nitrogen and oxygen atoms in total. The molecule has 2 saturated heterocycles. The van der Waals surface area contributed by atoms with Gasteiger partial charge < -0.3 is 10.2 Å². The third kappa shape index (κ3) is 4.13. The van der Waals surface area contributed by atoms with Gasteiger partial charge in [-0.25, -0.2) is 12.8 Å². The van der Waals surface area contributed by atoms with E-state index in [1.54, 1.807) is 11.8 Å². The zero-order valence-corrected chi connectivity index (χ0v) is 15.7. The molecule has 140 valence electrons. The summed E-state index contributed by atoms with van der Waals surface area (Å²) in [5.41, 5.74) is 0.398. The number of benzene rings is 1. The zero-order valence-electron chi connectivity index (χ0n) is 14.1. The highest BCUT2D eigenvalue weighted by atomic mass is 35.5. The van der Waals surface area contributed by atoms with E-state index in [2.05, 4.69) is 5.32 Å². The molecule has 1 aromatic carbocycles. The summed E-state index contributed by atoms with van der Waals surface area (Å²) in [6.07, 6.45) is 1.52. The molecule has 1 atom stereocenters. The molecule has 3 rings (SSSR count). The van der Waals surface area contributed by atoms with Crippen molar-refractivity contribution in [2.45, 2.75) is 30.7 Å². The van der Waals surface area contributed by atoms with Crippen LogP contribution >= 0.6 is 12.4 Å². The van der Waals surface area contributed by atoms with Crippen molar-refractivity contribution in [2.24, 2.45) is 0 Å². The zero-order chi connectivity index (χ0) is 17.3. The lowest BCUT2D eigenvalue weighted by molar-refractivity contribution is -0.135. The summed E-state index contributed by atoms with van der Waals surface area (Å²) < 4.78 is 40.5. The van der Waals surface area contributed by atoms with Gasteiger partial charge in [-0.1, -0.05) is 0 Å². The number of rotatable bonds is 3. The van der Waals surface area contributed by atoms with Crippen LogP contribution in [0, 0.1) is 12.7 Å². The van der Waals surface area contributed by atoms with Crippen LogP contribution in [0.2, 0.25) is 0 Å². The average Bonchev–Trinajstić information content (AvgIpc) is 2.55. The Morgan fingerprint density at radius 3 is 2.72 bits per heavy atom. The minimum Gasteiger partial charge on any atom is -0.336 e. The molecular formula is C16H23ClFN3O3S. The van der Waals surface area contributed by atoms with E-state index >= 15 is 0 Å². The standard InChI is InChI=1S/C16H22FN3O3S.ClH/c1-12-9-13(17)4-5-15(12)24(22,23)19-7-2-3-14(11-19)20-8-6-18-10-16(20)21;/h4-5,9,14,18H,2-3,6-8,10-11H2,1H3;1H. The number of sulfonamides is 1. The van der Waals surface area contributed by atoms with Crippen molar-refractivity contribution in [2.75, 3.05) is 32.7 Å². The second-order valence-corrected chi connectivity index (χ2v) is 8.24. The monoisotopic (exact) mass is 391 g/mol. The molecular weight excluding hydrogens is 369 g/mol. The fourth-order valence-electron chi connectivity index (χ4n) is 3.44. The SMILES string of the molecule is Cc1cc(F)ccc1S(=O)(=O)N1CCCC(N2CCNCC2=O)C1.Cl. The predicted octanol–water partition coefficient (Wildman–Crippen LogP) is 1.14. The molecule has 1 aromatic rings. The summed E-state index contributed by atoms with van der Waals surface area (Å²) in [7, 11) is -3.69. The molecule has 2 heterocycles. The van der Waals surface area contributed by atoms with Crippen molar-refractivity contribution < 1.29 is 17.6 Å². The second-order valence-electron chi connectivity index (χ2n) is 6.33. The number of piperazine rings is 1. The van der Waals surface area contributed by atoms with Gasteiger partial charge in [-0.05, 0) is 43.5 Å². The van der Waals surface area contributed by atoms with Crippen LogP contribution in [0.4, 0.5) is 4.39 Å².